The van der Waals surface area contributed by atoms with Gasteiger partial charge in [0.15, 0.2) is 0 Å². The van der Waals surface area contributed by atoms with Gasteiger partial charge in [0.05, 0.1) is 0 Å². The minimum Gasteiger partial charge on any atom is -0.447 e. The van der Waals surface area contributed by atoms with Crippen LogP contribution in [0, 0.1) is 0 Å². The number of amides is 3. The molecule has 3 amide bonds. The van der Waals surface area contributed by atoms with Crippen molar-refractivity contribution < 1.29 is 19.1 Å². The second-order valence-corrected chi connectivity index (χ2v) is 4.04. The molecule has 1 aliphatic rings. The average Bonchev–Trinajstić information content (AvgIpc) is 2.78. The lowest BCUT2D eigenvalue weighted by molar-refractivity contribution is -0.118. The zero-order chi connectivity index (χ0) is 13.8. The Bertz CT molecular complexity index is 512. The Kier molecular flexibility index (Phi) is 3.65. The Hall–Kier alpha value is -2.57. The zero-order valence-electron chi connectivity index (χ0n) is 10.2. The minimum absolute atomic E-state index is 0.0225. The smallest absolute Gasteiger partial charge is 0.407 e. The molecule has 1 aromatic carbocycles. The summed E-state index contributed by atoms with van der Waals surface area (Å²) >= 11 is 0. The van der Waals surface area contributed by atoms with Crippen LogP contribution >= 0.6 is 0 Å². The molecule has 1 aliphatic heterocycles. The Labute approximate surface area is 109 Å². The van der Waals surface area contributed by atoms with Gasteiger partial charge in [-0.1, -0.05) is 0 Å². The highest BCUT2D eigenvalue weighted by Crippen LogP contribution is 2.14. The van der Waals surface area contributed by atoms with Gasteiger partial charge in [-0.05, 0) is 24.3 Å². The van der Waals surface area contributed by atoms with Crippen LogP contribution in [0.3, 0.4) is 0 Å². The summed E-state index contributed by atoms with van der Waals surface area (Å²) in [5, 5.41) is 7.64. The number of benzene rings is 1. The summed E-state index contributed by atoms with van der Waals surface area (Å²) in [7, 11) is 0. The van der Waals surface area contributed by atoms with Gasteiger partial charge in [-0.25, -0.2) is 4.79 Å². The summed E-state index contributed by atoms with van der Waals surface area (Å²) in [6.07, 6.45) is -0.596. The highest BCUT2D eigenvalue weighted by molar-refractivity contribution is 5.98. The number of alkyl carbamates (subject to hydrolysis) is 1. The highest BCUT2D eigenvalue weighted by atomic mass is 16.6. The van der Waals surface area contributed by atoms with Crippen molar-refractivity contribution in [3.63, 3.8) is 0 Å². The number of hydrogen-bond acceptors (Lipinski definition) is 4. The molecule has 3 N–H and O–H groups in total. The van der Waals surface area contributed by atoms with Gasteiger partial charge in [0, 0.05) is 18.3 Å². The van der Waals surface area contributed by atoms with Gasteiger partial charge in [0.1, 0.15) is 12.6 Å². The topological polar surface area (TPSA) is 96.5 Å². The van der Waals surface area contributed by atoms with E-state index in [1.165, 1.54) is 6.92 Å². The molecule has 0 aliphatic carbocycles. The van der Waals surface area contributed by atoms with Gasteiger partial charge in [0.2, 0.25) is 5.91 Å². The van der Waals surface area contributed by atoms with Gasteiger partial charge in [0.25, 0.3) is 5.91 Å². The second-order valence-electron chi connectivity index (χ2n) is 4.04. The predicted molar refractivity (Wildman–Crippen MR) is 67.6 cm³/mol. The van der Waals surface area contributed by atoms with E-state index >= 15 is 0 Å². The number of ether oxygens (including phenoxy) is 1. The first-order valence-electron chi connectivity index (χ1n) is 5.66. The molecule has 1 atom stereocenters. The molecule has 2 rings (SSSR count). The Morgan fingerprint density at radius 1 is 1.21 bits per heavy atom. The number of carbonyl (C=O) groups is 3. The molecule has 19 heavy (non-hydrogen) atoms. The van der Waals surface area contributed by atoms with Gasteiger partial charge in [-0.3, -0.25) is 9.59 Å². The molecule has 1 aromatic rings. The van der Waals surface area contributed by atoms with Crippen LogP contribution in [0.15, 0.2) is 24.3 Å². The molecule has 7 heteroatoms. The first-order chi connectivity index (χ1) is 9.04. The molecule has 7 nitrogen and oxygen atoms in total. The molecule has 1 unspecified atom stereocenters. The van der Waals surface area contributed by atoms with Crippen molar-refractivity contribution in [2.75, 3.05) is 17.2 Å². The number of anilines is 2. The third-order valence-corrected chi connectivity index (χ3v) is 2.46. The number of rotatable bonds is 3. The fourth-order valence-electron chi connectivity index (χ4n) is 1.60. The lowest BCUT2D eigenvalue weighted by atomic mass is 10.2. The van der Waals surface area contributed by atoms with Crippen LogP contribution in [0.2, 0.25) is 0 Å². The Morgan fingerprint density at radius 3 is 2.26 bits per heavy atom. The maximum atomic E-state index is 11.7. The number of carbonyl (C=O) groups excluding carboxylic acids is 3. The second kappa shape index (κ2) is 5.38. The summed E-state index contributed by atoms with van der Waals surface area (Å²) in [4.78, 5) is 33.4. The van der Waals surface area contributed by atoms with Crippen LogP contribution < -0.4 is 16.0 Å². The van der Waals surface area contributed by atoms with E-state index in [1.54, 1.807) is 24.3 Å². The van der Waals surface area contributed by atoms with Gasteiger partial charge in [-0.15, -0.1) is 0 Å². The summed E-state index contributed by atoms with van der Waals surface area (Å²) in [5.41, 5.74) is 1.21. The minimum atomic E-state index is -0.678. The van der Waals surface area contributed by atoms with Gasteiger partial charge >= 0.3 is 6.09 Å². The molecule has 0 aromatic heterocycles. The van der Waals surface area contributed by atoms with E-state index in [-0.39, 0.29) is 18.4 Å². The highest BCUT2D eigenvalue weighted by Gasteiger charge is 2.28. The SMILES string of the molecule is CC(=O)Nc1ccc(NC(=O)C2COC(=O)N2)cc1. The van der Waals surface area contributed by atoms with E-state index in [0.717, 1.165) is 0 Å². The van der Waals surface area contributed by atoms with Gasteiger partial charge in [-0.2, -0.15) is 0 Å². The third-order valence-electron chi connectivity index (χ3n) is 2.46. The van der Waals surface area contributed by atoms with Crippen LogP contribution in [0.25, 0.3) is 0 Å². The lowest BCUT2D eigenvalue weighted by Crippen LogP contribution is -2.38. The molecule has 0 saturated carbocycles. The van der Waals surface area contributed by atoms with E-state index in [9.17, 15) is 14.4 Å². The number of hydrogen-bond donors (Lipinski definition) is 3. The van der Waals surface area contributed by atoms with Crippen molar-refractivity contribution >= 4 is 29.3 Å². The fourth-order valence-corrected chi connectivity index (χ4v) is 1.60. The van der Waals surface area contributed by atoms with Crippen molar-refractivity contribution in [1.82, 2.24) is 5.32 Å². The number of cyclic esters (lactones) is 1. The molecule has 1 heterocycles. The first-order valence-corrected chi connectivity index (χ1v) is 5.66. The Balaban J connectivity index is 1.94. The van der Waals surface area contributed by atoms with Crippen LogP contribution in [-0.2, 0) is 14.3 Å². The van der Waals surface area contributed by atoms with Crippen LogP contribution in [-0.4, -0.2) is 30.6 Å². The largest absolute Gasteiger partial charge is 0.447 e. The van der Waals surface area contributed by atoms with Crippen molar-refractivity contribution in [1.29, 1.82) is 0 Å². The predicted octanol–water partition coefficient (Wildman–Crippen LogP) is 0.692. The van der Waals surface area contributed by atoms with E-state index in [1.807, 2.05) is 0 Å². The van der Waals surface area contributed by atoms with E-state index in [4.69, 9.17) is 0 Å². The molecule has 0 radical (unpaired) electrons. The zero-order valence-corrected chi connectivity index (χ0v) is 10.2. The van der Waals surface area contributed by atoms with Crippen molar-refractivity contribution in [3.05, 3.63) is 24.3 Å². The summed E-state index contributed by atoms with van der Waals surface area (Å²) in [6.45, 7) is 1.44. The summed E-state index contributed by atoms with van der Waals surface area (Å²) in [6, 6.07) is 5.96. The number of nitrogens with one attached hydrogen (secondary N) is 3. The van der Waals surface area contributed by atoms with E-state index in [0.29, 0.717) is 11.4 Å². The monoisotopic (exact) mass is 263 g/mol. The van der Waals surface area contributed by atoms with Crippen molar-refractivity contribution in [3.8, 4) is 0 Å². The maximum absolute atomic E-state index is 11.7. The van der Waals surface area contributed by atoms with Crippen LogP contribution in [0.5, 0.6) is 0 Å². The van der Waals surface area contributed by atoms with Crippen molar-refractivity contribution in [2.24, 2.45) is 0 Å². The maximum Gasteiger partial charge on any atom is 0.407 e. The molecule has 100 valence electrons. The molecule has 0 spiro atoms. The molecule has 1 saturated heterocycles. The average molecular weight is 263 g/mol. The normalized spacial score (nSPS) is 17.3. The summed E-state index contributed by atoms with van der Waals surface area (Å²) in [5.74, 6) is -0.513. The molecule has 1 fully saturated rings. The lowest BCUT2D eigenvalue weighted by Gasteiger charge is -2.09. The van der Waals surface area contributed by atoms with Crippen LogP contribution in [0.1, 0.15) is 6.92 Å². The molecule has 0 bridgehead atoms. The fraction of sp³-hybridized carbons (Fsp3) is 0.250. The quantitative estimate of drug-likeness (QED) is 0.747. The van der Waals surface area contributed by atoms with E-state index < -0.39 is 12.1 Å². The van der Waals surface area contributed by atoms with Gasteiger partial charge < -0.3 is 20.7 Å². The first kappa shape index (κ1) is 12.9. The molecular weight excluding hydrogens is 250 g/mol. The third kappa shape index (κ3) is 3.44. The standard InChI is InChI=1S/C12H13N3O4/c1-7(16)13-8-2-4-9(5-3-8)14-11(17)10-6-19-12(18)15-10/h2-5,10H,6H2,1H3,(H,13,16)(H,14,17)(H,15,18). The Morgan fingerprint density at radius 2 is 1.79 bits per heavy atom. The van der Waals surface area contributed by atoms with Crippen LogP contribution in [0.4, 0.5) is 16.2 Å². The van der Waals surface area contributed by atoms with E-state index in [2.05, 4.69) is 20.7 Å². The van der Waals surface area contributed by atoms with Crippen molar-refractivity contribution in [2.45, 2.75) is 13.0 Å². The molecular formula is C12H13N3O4. The summed E-state index contributed by atoms with van der Waals surface area (Å²) < 4.78 is 4.63.